The Labute approximate surface area is 163 Å². The van der Waals surface area contributed by atoms with Gasteiger partial charge in [-0.25, -0.2) is 4.79 Å². The van der Waals surface area contributed by atoms with E-state index >= 15 is 0 Å². The molecule has 4 amide bonds. The first-order valence-electron chi connectivity index (χ1n) is 8.10. The molecule has 0 aliphatic rings. The molecule has 154 valence electrons. The summed E-state index contributed by atoms with van der Waals surface area (Å²) in [4.78, 5) is 57.4. The maximum atomic E-state index is 12.1. The number of ether oxygens (including phenoxy) is 1. The molecule has 0 radical (unpaired) electrons. The van der Waals surface area contributed by atoms with E-state index in [2.05, 4.69) is 46.4 Å². The van der Waals surface area contributed by atoms with Gasteiger partial charge in [0.05, 0.1) is 20.2 Å². The van der Waals surface area contributed by atoms with Crippen LogP contribution in [0.1, 0.15) is 27.9 Å². The SMILES string of the molecule is COC(=O)c1cc(NC(=O)c2cc(NC(=O)CNC(=O)CNC(C)=O)n[nH]2)n[nH]1. The molecule has 0 saturated heterocycles. The van der Waals surface area contributed by atoms with Crippen LogP contribution in [0.4, 0.5) is 11.6 Å². The molecule has 2 aromatic rings. The van der Waals surface area contributed by atoms with E-state index in [1.807, 2.05) is 0 Å². The summed E-state index contributed by atoms with van der Waals surface area (Å²) in [5.74, 6) is -2.63. The molecule has 0 unspecified atom stereocenters. The summed E-state index contributed by atoms with van der Waals surface area (Å²) in [6.45, 7) is 0.659. The lowest BCUT2D eigenvalue weighted by atomic mass is 10.3. The lowest BCUT2D eigenvalue weighted by Gasteiger charge is -2.05. The minimum atomic E-state index is -0.645. The van der Waals surface area contributed by atoms with Crippen molar-refractivity contribution in [3.63, 3.8) is 0 Å². The molecular weight excluding hydrogens is 388 g/mol. The number of aromatic nitrogens is 4. The van der Waals surface area contributed by atoms with Crippen molar-refractivity contribution in [2.75, 3.05) is 30.8 Å². The van der Waals surface area contributed by atoms with Crippen molar-refractivity contribution in [3.05, 3.63) is 23.5 Å². The van der Waals surface area contributed by atoms with Crippen molar-refractivity contribution in [2.24, 2.45) is 0 Å². The molecule has 0 fully saturated rings. The number of hydrogen-bond acceptors (Lipinski definition) is 8. The van der Waals surface area contributed by atoms with Gasteiger partial charge in [0.25, 0.3) is 5.91 Å². The van der Waals surface area contributed by atoms with Crippen LogP contribution in [-0.4, -0.2) is 70.2 Å². The average Bonchev–Trinajstić information content (AvgIpc) is 3.33. The summed E-state index contributed by atoms with van der Waals surface area (Å²) >= 11 is 0. The molecule has 0 aliphatic carbocycles. The zero-order chi connectivity index (χ0) is 21.4. The van der Waals surface area contributed by atoms with Gasteiger partial charge in [-0.1, -0.05) is 0 Å². The number of aromatic amines is 2. The van der Waals surface area contributed by atoms with Gasteiger partial charge in [-0.3, -0.25) is 29.4 Å². The van der Waals surface area contributed by atoms with Crippen LogP contribution < -0.4 is 21.3 Å². The Kier molecular flexibility index (Phi) is 7.00. The summed E-state index contributed by atoms with van der Waals surface area (Å²) in [5, 5.41) is 21.7. The van der Waals surface area contributed by atoms with E-state index in [0.717, 1.165) is 0 Å². The highest BCUT2D eigenvalue weighted by atomic mass is 16.5. The predicted molar refractivity (Wildman–Crippen MR) is 96.8 cm³/mol. The Morgan fingerprint density at radius 1 is 0.897 bits per heavy atom. The molecule has 0 aromatic carbocycles. The van der Waals surface area contributed by atoms with Gasteiger partial charge >= 0.3 is 5.97 Å². The van der Waals surface area contributed by atoms with Crippen molar-refractivity contribution in [1.29, 1.82) is 0 Å². The molecule has 0 spiro atoms. The number of anilines is 2. The van der Waals surface area contributed by atoms with Crippen molar-refractivity contribution in [2.45, 2.75) is 6.92 Å². The molecule has 2 aromatic heterocycles. The van der Waals surface area contributed by atoms with Crippen LogP contribution in [0.25, 0.3) is 0 Å². The fraction of sp³-hybridized carbons (Fsp3) is 0.267. The quantitative estimate of drug-likeness (QED) is 0.280. The zero-order valence-electron chi connectivity index (χ0n) is 15.4. The maximum Gasteiger partial charge on any atom is 0.356 e. The largest absolute Gasteiger partial charge is 0.464 e. The Morgan fingerprint density at radius 2 is 1.48 bits per heavy atom. The number of methoxy groups -OCH3 is 1. The van der Waals surface area contributed by atoms with Crippen LogP contribution >= 0.6 is 0 Å². The summed E-state index contributed by atoms with van der Waals surface area (Å²) in [6.07, 6.45) is 0. The second kappa shape index (κ2) is 9.63. The highest BCUT2D eigenvalue weighted by Gasteiger charge is 2.15. The molecule has 14 heteroatoms. The fourth-order valence-corrected chi connectivity index (χ4v) is 1.92. The Balaban J connectivity index is 1.83. The lowest BCUT2D eigenvalue weighted by Crippen LogP contribution is -2.39. The van der Waals surface area contributed by atoms with Gasteiger partial charge in [-0.15, -0.1) is 0 Å². The van der Waals surface area contributed by atoms with E-state index in [1.54, 1.807) is 0 Å². The molecule has 0 saturated carbocycles. The van der Waals surface area contributed by atoms with Gasteiger partial charge in [0, 0.05) is 19.1 Å². The summed E-state index contributed by atoms with van der Waals surface area (Å²) in [6, 6.07) is 2.55. The van der Waals surface area contributed by atoms with E-state index < -0.39 is 23.7 Å². The Morgan fingerprint density at radius 3 is 2.14 bits per heavy atom. The van der Waals surface area contributed by atoms with Gasteiger partial charge in [-0.2, -0.15) is 10.2 Å². The number of H-pyrrole nitrogens is 2. The summed E-state index contributed by atoms with van der Waals surface area (Å²) < 4.78 is 4.51. The predicted octanol–water partition coefficient (Wildman–Crippen LogP) is -1.64. The van der Waals surface area contributed by atoms with Gasteiger partial charge < -0.3 is 26.0 Å². The molecule has 14 nitrogen and oxygen atoms in total. The van der Waals surface area contributed by atoms with Crippen molar-refractivity contribution >= 4 is 41.2 Å². The zero-order valence-corrected chi connectivity index (χ0v) is 15.4. The molecule has 29 heavy (non-hydrogen) atoms. The molecule has 2 heterocycles. The number of carbonyl (C=O) groups is 5. The summed E-state index contributed by atoms with van der Waals surface area (Å²) in [7, 11) is 1.20. The van der Waals surface area contributed by atoms with Crippen LogP contribution in [0.2, 0.25) is 0 Å². The maximum absolute atomic E-state index is 12.1. The van der Waals surface area contributed by atoms with Crippen LogP contribution in [-0.2, 0) is 19.1 Å². The van der Waals surface area contributed by atoms with E-state index in [4.69, 9.17) is 0 Å². The Hall–Kier alpha value is -4.23. The summed E-state index contributed by atoms with van der Waals surface area (Å²) in [5.41, 5.74) is 0.0681. The Bertz CT molecular complexity index is 933. The number of hydrogen-bond donors (Lipinski definition) is 6. The third-order valence-electron chi connectivity index (χ3n) is 3.26. The monoisotopic (exact) mass is 406 g/mol. The first-order chi connectivity index (χ1) is 13.8. The second-order valence-electron chi connectivity index (χ2n) is 5.51. The van der Waals surface area contributed by atoms with Crippen molar-refractivity contribution in [1.82, 2.24) is 31.0 Å². The van der Waals surface area contributed by atoms with Crippen molar-refractivity contribution in [3.8, 4) is 0 Å². The van der Waals surface area contributed by atoms with Gasteiger partial charge in [0.15, 0.2) is 11.6 Å². The minimum absolute atomic E-state index is 0.0117. The van der Waals surface area contributed by atoms with E-state index in [0.29, 0.717) is 0 Å². The number of nitrogens with zero attached hydrogens (tertiary/aromatic N) is 2. The number of esters is 1. The van der Waals surface area contributed by atoms with Crippen LogP contribution in [0.3, 0.4) is 0 Å². The number of rotatable bonds is 8. The second-order valence-corrected chi connectivity index (χ2v) is 5.51. The minimum Gasteiger partial charge on any atom is -0.464 e. The molecule has 0 atom stereocenters. The van der Waals surface area contributed by atoms with Crippen LogP contribution in [0, 0.1) is 0 Å². The average molecular weight is 406 g/mol. The van der Waals surface area contributed by atoms with Gasteiger partial charge in [0.2, 0.25) is 17.7 Å². The van der Waals surface area contributed by atoms with E-state index in [9.17, 15) is 24.0 Å². The normalized spacial score (nSPS) is 10.0. The standard InChI is InChI=1S/C15H18N8O6/c1-7(24)16-5-12(25)17-6-13(26)18-10-3-8(20-22-10)14(27)19-11-4-9(21-23-11)15(28)29-2/h3-4H,5-6H2,1-2H3,(H,16,24)(H,17,25)(H2,18,20,22,26)(H2,19,21,23,27). The number of amides is 4. The first-order valence-corrected chi connectivity index (χ1v) is 8.10. The fourth-order valence-electron chi connectivity index (χ4n) is 1.92. The molecule has 0 bridgehead atoms. The molecule has 0 aliphatic heterocycles. The molecule has 2 rings (SSSR count). The topological polar surface area (TPSA) is 200 Å². The molecular formula is C15H18N8O6. The van der Waals surface area contributed by atoms with Crippen LogP contribution in [0.5, 0.6) is 0 Å². The highest BCUT2D eigenvalue weighted by Crippen LogP contribution is 2.10. The third-order valence-corrected chi connectivity index (χ3v) is 3.26. The lowest BCUT2D eigenvalue weighted by molar-refractivity contribution is -0.126. The number of nitrogens with one attached hydrogen (secondary N) is 6. The van der Waals surface area contributed by atoms with Gasteiger partial charge in [0.1, 0.15) is 11.4 Å². The third kappa shape index (κ3) is 6.46. The smallest absolute Gasteiger partial charge is 0.356 e. The van der Waals surface area contributed by atoms with Gasteiger partial charge in [-0.05, 0) is 0 Å². The first kappa shape index (κ1) is 21.1. The van der Waals surface area contributed by atoms with Crippen molar-refractivity contribution < 1.29 is 28.7 Å². The van der Waals surface area contributed by atoms with Crippen LogP contribution in [0.15, 0.2) is 12.1 Å². The van der Waals surface area contributed by atoms with E-state index in [1.165, 1.54) is 26.2 Å². The number of carbonyl (C=O) groups excluding carboxylic acids is 5. The molecule has 6 N–H and O–H groups in total. The van der Waals surface area contributed by atoms with E-state index in [-0.39, 0.29) is 42.0 Å². The highest BCUT2D eigenvalue weighted by molar-refractivity contribution is 6.04.